The molecule has 2 amide bonds. The predicted octanol–water partition coefficient (Wildman–Crippen LogP) is 3.20. The number of likely N-dealkylation sites (N-methyl/N-ethyl adjacent to an activating group) is 1. The molecule has 9 heteroatoms. The fourth-order valence-corrected chi connectivity index (χ4v) is 6.18. The fourth-order valence-electron chi connectivity index (χ4n) is 6.18. The smallest absolute Gasteiger partial charge is 0.256 e. The van der Waals surface area contributed by atoms with Crippen molar-refractivity contribution in [2.24, 2.45) is 11.8 Å². The lowest BCUT2D eigenvalue weighted by Crippen LogP contribution is -2.58. The van der Waals surface area contributed by atoms with Crippen LogP contribution in [0.15, 0.2) is 30.9 Å². The molecule has 2 aromatic rings. The molecule has 3 aliphatic rings. The minimum absolute atomic E-state index is 0.0108. The Hall–Kier alpha value is -2.55. The standard InChI is InChI=1S/C25H33F2N5O2/c1-30-11-3-5-21(30)23(33)29-20-15-31(13-8-18(20)17-6-9-25(26,27)10-7-17)24(34)19-4-2-12-32-16-28-14-22(19)32/h2,4,12,14,16-18,20-21H,3,5-11,13,15H2,1H3,(H,29,33)/t18-,20+,21+/m0/s1. The highest BCUT2D eigenvalue weighted by Crippen LogP contribution is 2.42. The summed E-state index contributed by atoms with van der Waals surface area (Å²) in [4.78, 5) is 34.7. The molecule has 0 unspecified atom stereocenters. The third-order valence-corrected chi connectivity index (χ3v) is 8.15. The Morgan fingerprint density at radius 2 is 1.94 bits per heavy atom. The number of fused-ring (bicyclic) bond motifs is 1. The number of halogens is 2. The van der Waals surface area contributed by atoms with E-state index in [1.54, 1.807) is 23.5 Å². The lowest BCUT2D eigenvalue weighted by Gasteiger charge is -2.44. The molecule has 0 spiro atoms. The second kappa shape index (κ2) is 9.24. The molecule has 1 aliphatic carbocycles. The summed E-state index contributed by atoms with van der Waals surface area (Å²) in [6.45, 7) is 1.85. The van der Waals surface area contributed by atoms with Crippen LogP contribution in [0.2, 0.25) is 0 Å². The highest BCUT2D eigenvalue weighted by Gasteiger charge is 2.43. The first-order valence-electron chi connectivity index (χ1n) is 12.4. The van der Waals surface area contributed by atoms with Gasteiger partial charge >= 0.3 is 0 Å². The topological polar surface area (TPSA) is 70.0 Å². The molecular formula is C25H33F2N5O2. The van der Waals surface area contributed by atoms with Crippen LogP contribution in [-0.4, -0.2) is 75.7 Å². The van der Waals surface area contributed by atoms with Gasteiger partial charge in [-0.15, -0.1) is 0 Å². The first-order valence-corrected chi connectivity index (χ1v) is 12.4. The maximum atomic E-state index is 13.8. The molecule has 7 nitrogen and oxygen atoms in total. The van der Waals surface area contributed by atoms with Gasteiger partial charge in [0, 0.05) is 38.2 Å². The van der Waals surface area contributed by atoms with E-state index in [0.29, 0.717) is 37.9 Å². The van der Waals surface area contributed by atoms with E-state index in [4.69, 9.17) is 0 Å². The number of amides is 2. The number of hydrogen-bond donors (Lipinski definition) is 1. The zero-order valence-corrected chi connectivity index (χ0v) is 19.6. The highest BCUT2D eigenvalue weighted by molar-refractivity contribution is 6.00. The highest BCUT2D eigenvalue weighted by atomic mass is 19.3. The number of nitrogens with one attached hydrogen (secondary N) is 1. The maximum Gasteiger partial charge on any atom is 0.256 e. The normalized spacial score (nSPS) is 28.3. The van der Waals surface area contributed by atoms with Crippen LogP contribution >= 0.6 is 0 Å². The molecule has 0 aromatic carbocycles. The summed E-state index contributed by atoms with van der Waals surface area (Å²) in [5, 5.41) is 3.25. The van der Waals surface area contributed by atoms with Crippen LogP contribution in [0.25, 0.3) is 5.52 Å². The number of pyridine rings is 1. The minimum Gasteiger partial charge on any atom is -0.350 e. The second-order valence-electron chi connectivity index (χ2n) is 10.3. The van der Waals surface area contributed by atoms with Gasteiger partial charge < -0.3 is 14.6 Å². The van der Waals surface area contributed by atoms with Crippen molar-refractivity contribution in [3.05, 3.63) is 36.4 Å². The zero-order chi connectivity index (χ0) is 23.9. The number of likely N-dealkylation sites (tertiary alicyclic amines) is 2. The quantitative estimate of drug-likeness (QED) is 0.741. The first-order chi connectivity index (χ1) is 16.3. The third kappa shape index (κ3) is 4.54. The van der Waals surface area contributed by atoms with Gasteiger partial charge in [-0.3, -0.25) is 14.5 Å². The number of carbonyl (C=O) groups is 2. The number of rotatable bonds is 4. The third-order valence-electron chi connectivity index (χ3n) is 8.15. The van der Waals surface area contributed by atoms with Crippen molar-refractivity contribution in [1.29, 1.82) is 0 Å². The SMILES string of the molecule is CN1CCC[C@@H]1C(=O)N[C@@H]1CN(C(=O)c2cccn3cncc23)CC[C@H]1C1CCC(F)(F)CC1. The van der Waals surface area contributed by atoms with Crippen LogP contribution in [0.1, 0.15) is 55.3 Å². The Kier molecular flexibility index (Phi) is 6.31. The fraction of sp³-hybridized carbons (Fsp3) is 0.640. The molecule has 0 bridgehead atoms. The number of nitrogens with zero attached hydrogens (tertiary/aromatic N) is 4. The summed E-state index contributed by atoms with van der Waals surface area (Å²) in [7, 11) is 1.96. The van der Waals surface area contributed by atoms with Gasteiger partial charge in [-0.1, -0.05) is 0 Å². The number of aromatic nitrogens is 2. The van der Waals surface area contributed by atoms with Crippen molar-refractivity contribution < 1.29 is 18.4 Å². The summed E-state index contributed by atoms with van der Waals surface area (Å²) in [5.74, 6) is -2.44. The number of hydrogen-bond acceptors (Lipinski definition) is 4. The number of alkyl halides is 2. The van der Waals surface area contributed by atoms with Crippen LogP contribution in [0, 0.1) is 11.8 Å². The van der Waals surface area contributed by atoms with E-state index >= 15 is 0 Å². The van der Waals surface area contributed by atoms with Crippen LogP contribution < -0.4 is 5.32 Å². The van der Waals surface area contributed by atoms with Gasteiger partial charge in [-0.2, -0.15) is 0 Å². The molecule has 4 heterocycles. The molecule has 1 saturated carbocycles. The summed E-state index contributed by atoms with van der Waals surface area (Å²) in [6, 6.07) is 3.23. The monoisotopic (exact) mass is 473 g/mol. The molecule has 2 aliphatic heterocycles. The Morgan fingerprint density at radius 1 is 1.15 bits per heavy atom. The predicted molar refractivity (Wildman–Crippen MR) is 124 cm³/mol. The lowest BCUT2D eigenvalue weighted by atomic mass is 9.72. The van der Waals surface area contributed by atoms with Crippen molar-refractivity contribution in [3.8, 4) is 0 Å². The molecule has 0 radical (unpaired) electrons. The molecule has 3 fully saturated rings. The maximum absolute atomic E-state index is 13.8. The molecule has 3 atom stereocenters. The number of imidazole rings is 1. The first kappa shape index (κ1) is 23.2. The molecule has 2 aromatic heterocycles. The van der Waals surface area contributed by atoms with E-state index in [-0.39, 0.29) is 48.6 Å². The Bertz CT molecular complexity index is 1050. The van der Waals surface area contributed by atoms with E-state index in [1.807, 2.05) is 23.7 Å². The van der Waals surface area contributed by atoms with E-state index in [0.717, 1.165) is 24.9 Å². The van der Waals surface area contributed by atoms with Gasteiger partial charge in [0.15, 0.2) is 0 Å². The molecule has 2 saturated heterocycles. The van der Waals surface area contributed by atoms with Crippen LogP contribution in [0.5, 0.6) is 0 Å². The van der Waals surface area contributed by atoms with E-state index < -0.39 is 5.92 Å². The number of piperidine rings is 1. The van der Waals surface area contributed by atoms with Crippen molar-refractivity contribution in [2.75, 3.05) is 26.7 Å². The lowest BCUT2D eigenvalue weighted by molar-refractivity contribution is -0.127. The summed E-state index contributed by atoms with van der Waals surface area (Å²) in [5.41, 5.74) is 1.33. The Labute approximate surface area is 198 Å². The summed E-state index contributed by atoms with van der Waals surface area (Å²) >= 11 is 0. The van der Waals surface area contributed by atoms with Gasteiger partial charge in [0.2, 0.25) is 11.8 Å². The van der Waals surface area contributed by atoms with Gasteiger partial charge in [0.1, 0.15) is 0 Å². The summed E-state index contributed by atoms with van der Waals surface area (Å²) in [6.07, 6.45) is 8.46. The number of carbonyl (C=O) groups excluding carboxylic acids is 2. The molecule has 5 rings (SSSR count). The van der Waals surface area contributed by atoms with Crippen LogP contribution in [0.3, 0.4) is 0 Å². The Morgan fingerprint density at radius 3 is 2.68 bits per heavy atom. The van der Waals surface area contributed by atoms with Gasteiger partial charge in [-0.25, -0.2) is 13.8 Å². The average molecular weight is 474 g/mol. The average Bonchev–Trinajstić information content (AvgIpc) is 3.47. The molecule has 1 N–H and O–H groups in total. The van der Waals surface area contributed by atoms with Crippen LogP contribution in [0.4, 0.5) is 8.78 Å². The van der Waals surface area contributed by atoms with E-state index in [9.17, 15) is 18.4 Å². The molecular weight excluding hydrogens is 440 g/mol. The molecule has 184 valence electrons. The minimum atomic E-state index is -2.58. The molecule has 34 heavy (non-hydrogen) atoms. The zero-order valence-electron chi connectivity index (χ0n) is 19.6. The van der Waals surface area contributed by atoms with Crippen molar-refractivity contribution in [2.45, 2.75) is 63.0 Å². The van der Waals surface area contributed by atoms with Crippen molar-refractivity contribution >= 4 is 17.3 Å². The van der Waals surface area contributed by atoms with Crippen molar-refractivity contribution in [3.63, 3.8) is 0 Å². The van der Waals surface area contributed by atoms with Gasteiger partial charge in [-0.05, 0) is 69.7 Å². The van der Waals surface area contributed by atoms with E-state index in [1.165, 1.54) is 0 Å². The van der Waals surface area contributed by atoms with Crippen molar-refractivity contribution in [1.82, 2.24) is 24.5 Å². The largest absolute Gasteiger partial charge is 0.350 e. The van der Waals surface area contributed by atoms with Gasteiger partial charge in [0.25, 0.3) is 5.91 Å². The summed E-state index contributed by atoms with van der Waals surface area (Å²) < 4.78 is 29.5. The Balaban J connectivity index is 1.35. The van der Waals surface area contributed by atoms with Gasteiger partial charge in [0.05, 0.1) is 29.6 Å². The second-order valence-corrected chi connectivity index (χ2v) is 10.3. The van der Waals surface area contributed by atoms with Crippen LogP contribution in [-0.2, 0) is 4.79 Å². The van der Waals surface area contributed by atoms with E-state index in [2.05, 4.69) is 15.2 Å².